The van der Waals surface area contributed by atoms with Crippen LogP contribution >= 0.6 is 0 Å². The number of halogens is 1. The first-order valence-electron chi connectivity index (χ1n) is 5.48. The van der Waals surface area contributed by atoms with Crippen molar-refractivity contribution in [3.05, 3.63) is 35.7 Å². The average molecular weight is 267 g/mol. The van der Waals surface area contributed by atoms with Crippen molar-refractivity contribution in [3.63, 3.8) is 0 Å². The van der Waals surface area contributed by atoms with Crippen LogP contribution in [-0.4, -0.2) is 30.2 Å². The lowest BCUT2D eigenvalue weighted by Crippen LogP contribution is -2.26. The minimum absolute atomic E-state index is 0.0743. The molecule has 0 aromatic heterocycles. The second-order valence-electron chi connectivity index (χ2n) is 3.78. The molecule has 0 bridgehead atoms. The quantitative estimate of drug-likeness (QED) is 0.799. The highest BCUT2D eigenvalue weighted by molar-refractivity contribution is 5.94. The van der Waals surface area contributed by atoms with Gasteiger partial charge in [-0.05, 0) is 31.2 Å². The van der Waals surface area contributed by atoms with E-state index < -0.39 is 17.9 Å². The van der Waals surface area contributed by atoms with Crippen LogP contribution in [-0.2, 0) is 14.3 Å². The minimum atomic E-state index is -1.18. The molecule has 1 aromatic carbocycles. The Hall–Kier alpha value is -2.21. The third kappa shape index (κ3) is 4.51. The predicted molar refractivity (Wildman–Crippen MR) is 68.2 cm³/mol. The molecule has 1 atom stereocenters. The smallest absolute Gasteiger partial charge is 0.328 e. The Bertz CT molecular complexity index is 513. The molecular weight excluding hydrogens is 253 g/mol. The van der Waals surface area contributed by atoms with Crippen molar-refractivity contribution in [2.45, 2.75) is 13.0 Å². The first-order chi connectivity index (χ1) is 8.93. The summed E-state index contributed by atoms with van der Waals surface area (Å²) in [4.78, 5) is 21.9. The van der Waals surface area contributed by atoms with Crippen molar-refractivity contribution in [3.8, 4) is 0 Å². The van der Waals surface area contributed by atoms with Gasteiger partial charge in [-0.1, -0.05) is 0 Å². The van der Waals surface area contributed by atoms with E-state index in [2.05, 4.69) is 5.32 Å². The van der Waals surface area contributed by atoms with Crippen LogP contribution in [0.15, 0.2) is 24.3 Å². The number of ether oxygens (including phenoxy) is 1. The summed E-state index contributed by atoms with van der Waals surface area (Å²) >= 11 is 0. The molecule has 0 radical (unpaired) electrons. The number of rotatable bonds is 5. The molecule has 1 amide bonds. The van der Waals surface area contributed by atoms with E-state index in [1.807, 2.05) is 0 Å². The van der Waals surface area contributed by atoms with E-state index in [0.29, 0.717) is 5.69 Å². The Kier molecular flexibility index (Phi) is 5.20. The van der Waals surface area contributed by atoms with Crippen LogP contribution in [0.5, 0.6) is 0 Å². The number of amides is 1. The summed E-state index contributed by atoms with van der Waals surface area (Å²) in [5.41, 5.74) is 0.436. The first kappa shape index (κ1) is 14.8. The second-order valence-corrected chi connectivity index (χ2v) is 3.78. The molecule has 0 aliphatic rings. The average Bonchev–Trinajstić information content (AvgIpc) is 2.38. The van der Waals surface area contributed by atoms with Crippen LogP contribution in [0.2, 0.25) is 0 Å². The third-order valence-electron chi connectivity index (χ3n) is 2.39. The van der Waals surface area contributed by atoms with Crippen molar-refractivity contribution < 1.29 is 23.8 Å². The summed E-state index contributed by atoms with van der Waals surface area (Å²) in [5, 5.41) is 11.0. The fourth-order valence-corrected chi connectivity index (χ4v) is 1.26. The molecule has 2 N–H and O–H groups in total. The zero-order chi connectivity index (χ0) is 14.4. The van der Waals surface area contributed by atoms with Gasteiger partial charge in [-0.2, -0.15) is 0 Å². The standard InChI is InChI=1S/C13H14FNO4/c1-8(19-2)13(18)15-10-4-5-11(14)9(7-10)3-6-12(16)17/h3-8H,1-2H3,(H,15,18)(H,16,17)/b6-3+. The summed E-state index contributed by atoms with van der Waals surface area (Å²) in [6.45, 7) is 1.57. The van der Waals surface area contributed by atoms with Crippen LogP contribution in [0.1, 0.15) is 12.5 Å². The zero-order valence-corrected chi connectivity index (χ0v) is 10.5. The number of anilines is 1. The molecule has 0 spiro atoms. The van der Waals surface area contributed by atoms with Gasteiger partial charge in [-0.3, -0.25) is 4.79 Å². The zero-order valence-electron chi connectivity index (χ0n) is 10.5. The van der Waals surface area contributed by atoms with Crippen molar-refractivity contribution >= 4 is 23.6 Å². The number of nitrogens with one attached hydrogen (secondary N) is 1. The fourth-order valence-electron chi connectivity index (χ4n) is 1.26. The number of methoxy groups -OCH3 is 1. The van der Waals surface area contributed by atoms with E-state index in [1.165, 1.54) is 19.2 Å². The molecule has 1 unspecified atom stereocenters. The highest BCUT2D eigenvalue weighted by atomic mass is 19.1. The Balaban J connectivity index is 2.90. The molecule has 5 nitrogen and oxygen atoms in total. The number of carbonyl (C=O) groups is 2. The maximum Gasteiger partial charge on any atom is 0.328 e. The van der Waals surface area contributed by atoms with Gasteiger partial charge in [0.25, 0.3) is 5.91 Å². The van der Waals surface area contributed by atoms with Crippen molar-refractivity contribution in [2.24, 2.45) is 0 Å². The molecule has 1 aromatic rings. The lowest BCUT2D eigenvalue weighted by atomic mass is 10.1. The van der Waals surface area contributed by atoms with Gasteiger partial charge < -0.3 is 15.2 Å². The lowest BCUT2D eigenvalue weighted by molar-refractivity contribution is -0.131. The molecule has 0 fully saturated rings. The molecule has 0 aliphatic carbocycles. The van der Waals surface area contributed by atoms with Gasteiger partial charge in [-0.25, -0.2) is 9.18 Å². The number of carbonyl (C=O) groups excluding carboxylic acids is 1. The van der Waals surface area contributed by atoms with Crippen LogP contribution in [0, 0.1) is 5.82 Å². The summed E-state index contributed by atoms with van der Waals surface area (Å²) in [6.07, 6.45) is 1.30. The Morgan fingerprint density at radius 1 is 1.47 bits per heavy atom. The molecule has 0 saturated heterocycles. The number of aliphatic carboxylic acids is 1. The summed E-state index contributed by atoms with van der Waals surface area (Å²) in [7, 11) is 1.40. The van der Waals surface area contributed by atoms with E-state index in [1.54, 1.807) is 6.92 Å². The first-order valence-corrected chi connectivity index (χ1v) is 5.48. The van der Waals surface area contributed by atoms with E-state index in [-0.39, 0.29) is 11.5 Å². The molecular formula is C13H14FNO4. The molecule has 0 aliphatic heterocycles. The maximum atomic E-state index is 13.4. The van der Waals surface area contributed by atoms with Gasteiger partial charge in [0.1, 0.15) is 11.9 Å². The number of hydrogen-bond acceptors (Lipinski definition) is 3. The van der Waals surface area contributed by atoms with Crippen LogP contribution in [0.4, 0.5) is 10.1 Å². The summed E-state index contributed by atoms with van der Waals surface area (Å²) in [6, 6.07) is 3.87. The van der Waals surface area contributed by atoms with Crippen LogP contribution < -0.4 is 5.32 Å². The monoisotopic (exact) mass is 267 g/mol. The molecule has 6 heteroatoms. The molecule has 1 rings (SSSR count). The molecule has 0 saturated carbocycles. The SMILES string of the molecule is COC(C)C(=O)Nc1ccc(F)c(/C=C/C(=O)O)c1. The topological polar surface area (TPSA) is 75.6 Å². The van der Waals surface area contributed by atoms with Crippen LogP contribution in [0.25, 0.3) is 6.08 Å². The Morgan fingerprint density at radius 2 is 2.16 bits per heavy atom. The van der Waals surface area contributed by atoms with E-state index in [4.69, 9.17) is 9.84 Å². The van der Waals surface area contributed by atoms with E-state index >= 15 is 0 Å². The van der Waals surface area contributed by atoms with Gasteiger partial charge in [0, 0.05) is 24.4 Å². The number of hydrogen-bond donors (Lipinski definition) is 2. The Labute approximate surface area is 109 Å². The number of carboxylic acids is 1. The highest BCUT2D eigenvalue weighted by Gasteiger charge is 2.12. The van der Waals surface area contributed by atoms with Gasteiger partial charge in [0.05, 0.1) is 0 Å². The summed E-state index contributed by atoms with van der Waals surface area (Å²) in [5.74, 6) is -2.13. The van der Waals surface area contributed by atoms with Crippen molar-refractivity contribution in [1.29, 1.82) is 0 Å². The largest absolute Gasteiger partial charge is 0.478 e. The predicted octanol–water partition coefficient (Wildman–Crippen LogP) is 1.90. The normalized spacial score (nSPS) is 12.4. The van der Waals surface area contributed by atoms with Crippen molar-refractivity contribution in [1.82, 2.24) is 0 Å². The molecule has 0 heterocycles. The third-order valence-corrected chi connectivity index (χ3v) is 2.39. The van der Waals surface area contributed by atoms with Crippen LogP contribution in [0.3, 0.4) is 0 Å². The summed E-state index contributed by atoms with van der Waals surface area (Å²) < 4.78 is 18.2. The molecule has 102 valence electrons. The van der Waals surface area contributed by atoms with Gasteiger partial charge in [0.2, 0.25) is 0 Å². The number of benzene rings is 1. The number of carboxylic acid groups (broad SMARTS) is 1. The van der Waals surface area contributed by atoms with Gasteiger partial charge in [0.15, 0.2) is 0 Å². The maximum absolute atomic E-state index is 13.4. The van der Waals surface area contributed by atoms with E-state index in [0.717, 1.165) is 18.2 Å². The highest BCUT2D eigenvalue weighted by Crippen LogP contribution is 2.16. The fraction of sp³-hybridized carbons (Fsp3) is 0.231. The second kappa shape index (κ2) is 6.65. The van der Waals surface area contributed by atoms with E-state index in [9.17, 15) is 14.0 Å². The van der Waals surface area contributed by atoms with Crippen molar-refractivity contribution in [2.75, 3.05) is 12.4 Å². The molecule has 19 heavy (non-hydrogen) atoms. The van der Waals surface area contributed by atoms with Gasteiger partial charge in [-0.15, -0.1) is 0 Å². The van der Waals surface area contributed by atoms with Gasteiger partial charge >= 0.3 is 5.97 Å². The Morgan fingerprint density at radius 3 is 2.74 bits per heavy atom. The minimum Gasteiger partial charge on any atom is -0.478 e. The lowest BCUT2D eigenvalue weighted by Gasteiger charge is -2.11.